The number of carbonyl (C=O) groups excluding carboxylic acids is 1. The van der Waals surface area contributed by atoms with Gasteiger partial charge in [0.1, 0.15) is 17.5 Å². The average molecular weight is 480 g/mol. The predicted octanol–water partition coefficient (Wildman–Crippen LogP) is 1.40. The molecule has 4 heterocycles. The van der Waals surface area contributed by atoms with Crippen molar-refractivity contribution in [1.82, 2.24) is 18.8 Å². The lowest BCUT2D eigenvalue weighted by atomic mass is 10.1. The van der Waals surface area contributed by atoms with Crippen molar-refractivity contribution in [2.45, 2.75) is 26.1 Å². The minimum atomic E-state index is -0.809. The summed E-state index contributed by atoms with van der Waals surface area (Å²) in [4.78, 5) is 45.8. The Hall–Kier alpha value is -3.72. The third-order valence-electron chi connectivity index (χ3n) is 6.01. The number of carbonyl (C=O) groups is 1. The summed E-state index contributed by atoms with van der Waals surface area (Å²) in [6.45, 7) is 2.39. The molecule has 4 aromatic rings. The first-order chi connectivity index (χ1) is 16.3. The second kappa shape index (κ2) is 8.25. The number of fused-ring (bicyclic) bond motifs is 2. The maximum atomic E-state index is 13.5. The molecule has 1 aliphatic rings. The minimum absolute atomic E-state index is 0.00721. The van der Waals surface area contributed by atoms with Gasteiger partial charge in [0.05, 0.1) is 35.7 Å². The number of nitriles is 1. The van der Waals surface area contributed by atoms with Gasteiger partial charge in [0.15, 0.2) is 0 Å². The van der Waals surface area contributed by atoms with Gasteiger partial charge in [-0.1, -0.05) is 0 Å². The summed E-state index contributed by atoms with van der Waals surface area (Å²) in [5.41, 5.74) is 0.584. The van der Waals surface area contributed by atoms with Crippen molar-refractivity contribution < 1.29 is 14.7 Å². The second-order valence-electron chi connectivity index (χ2n) is 8.12. The van der Waals surface area contributed by atoms with Crippen molar-refractivity contribution in [3.63, 3.8) is 0 Å². The van der Waals surface area contributed by atoms with E-state index >= 15 is 0 Å². The fourth-order valence-electron chi connectivity index (χ4n) is 4.29. The largest absolute Gasteiger partial charge is 0.389 e. The van der Waals surface area contributed by atoms with Crippen LogP contribution in [0.15, 0.2) is 40.1 Å². The first-order valence-corrected chi connectivity index (χ1v) is 11.5. The number of hydrogen-bond acceptors (Lipinski definition) is 7. The fourth-order valence-corrected chi connectivity index (χ4v) is 5.63. The predicted molar refractivity (Wildman–Crippen MR) is 126 cm³/mol. The Morgan fingerprint density at radius 1 is 1.32 bits per heavy atom. The van der Waals surface area contributed by atoms with E-state index in [1.807, 2.05) is 22.9 Å². The highest BCUT2D eigenvalue weighted by atomic mass is 32.1. The van der Waals surface area contributed by atoms with Crippen LogP contribution in [0.2, 0.25) is 0 Å². The van der Waals surface area contributed by atoms with Gasteiger partial charge in [-0.3, -0.25) is 23.6 Å². The third-order valence-corrected chi connectivity index (χ3v) is 7.21. The van der Waals surface area contributed by atoms with E-state index in [9.17, 15) is 24.8 Å². The molecule has 1 atom stereocenters. The highest BCUT2D eigenvalue weighted by Gasteiger charge is 2.33. The van der Waals surface area contributed by atoms with Crippen LogP contribution in [0.4, 0.5) is 0 Å². The Bertz CT molecular complexity index is 1620. The quantitative estimate of drug-likeness (QED) is 0.472. The molecule has 10 nitrogen and oxygen atoms in total. The molecule has 3 aromatic heterocycles. The van der Waals surface area contributed by atoms with Gasteiger partial charge in [0.2, 0.25) is 0 Å². The van der Waals surface area contributed by atoms with Gasteiger partial charge in [-0.2, -0.15) is 5.26 Å². The maximum Gasteiger partial charge on any atom is 0.331 e. The number of β-amino-alcohol motifs (C(OH)–C–C–N with tert-alkyl or cyclic N) is 1. The molecule has 1 aliphatic heterocycles. The summed E-state index contributed by atoms with van der Waals surface area (Å²) in [5.74, 6) is -0.528. The lowest BCUT2D eigenvalue weighted by Gasteiger charge is -2.15. The van der Waals surface area contributed by atoms with Crippen molar-refractivity contribution >= 4 is 38.4 Å². The van der Waals surface area contributed by atoms with E-state index in [1.165, 1.54) is 23.0 Å². The number of benzene rings is 1. The molecule has 5 rings (SSSR count). The normalized spacial score (nSPS) is 15.9. The molecular weight excluding hydrogens is 458 g/mol. The van der Waals surface area contributed by atoms with Crippen LogP contribution in [-0.4, -0.2) is 49.0 Å². The summed E-state index contributed by atoms with van der Waals surface area (Å²) in [6, 6.07) is 9.35. The third kappa shape index (κ3) is 3.35. The Kier molecular flexibility index (Phi) is 5.36. The van der Waals surface area contributed by atoms with E-state index in [0.29, 0.717) is 21.8 Å². The SMILES string of the molecule is CCn1c(=O)n(C)c(=O)c2c(C(=O)N3C[C@H](O)CO3)c(Cn3ccc4cc(C#N)ccc43)sc21. The van der Waals surface area contributed by atoms with Crippen molar-refractivity contribution in [3.05, 3.63) is 67.3 Å². The van der Waals surface area contributed by atoms with E-state index in [1.54, 1.807) is 19.1 Å². The molecule has 1 saturated heterocycles. The van der Waals surface area contributed by atoms with Gasteiger partial charge in [-0.15, -0.1) is 11.3 Å². The number of amides is 1. The number of aromatic nitrogens is 3. The lowest BCUT2D eigenvalue weighted by molar-refractivity contribution is -0.0778. The molecule has 174 valence electrons. The molecule has 0 spiro atoms. The molecule has 1 fully saturated rings. The van der Waals surface area contributed by atoms with Gasteiger partial charge in [0, 0.05) is 35.6 Å². The van der Waals surface area contributed by atoms with Gasteiger partial charge in [-0.25, -0.2) is 9.86 Å². The molecule has 11 heteroatoms. The first kappa shape index (κ1) is 22.1. The van der Waals surface area contributed by atoms with Crippen LogP contribution in [0.1, 0.15) is 27.7 Å². The smallest absolute Gasteiger partial charge is 0.331 e. The molecule has 0 aliphatic carbocycles. The zero-order chi connectivity index (χ0) is 24.1. The van der Waals surface area contributed by atoms with Crippen LogP contribution in [0.5, 0.6) is 0 Å². The summed E-state index contributed by atoms with van der Waals surface area (Å²) in [6.07, 6.45) is 1.04. The van der Waals surface area contributed by atoms with Crippen molar-refractivity contribution in [2.24, 2.45) is 7.05 Å². The number of nitrogens with zero attached hydrogens (tertiary/aromatic N) is 5. The maximum absolute atomic E-state index is 13.5. The monoisotopic (exact) mass is 479 g/mol. The Morgan fingerprint density at radius 3 is 2.79 bits per heavy atom. The molecule has 1 N–H and O–H groups in total. The van der Waals surface area contributed by atoms with Gasteiger partial charge in [-0.05, 0) is 31.2 Å². The number of aliphatic hydroxyl groups excluding tert-OH is 1. The molecule has 0 radical (unpaired) electrons. The van der Waals surface area contributed by atoms with Crippen molar-refractivity contribution in [3.8, 4) is 6.07 Å². The van der Waals surface area contributed by atoms with Crippen LogP contribution < -0.4 is 11.2 Å². The van der Waals surface area contributed by atoms with E-state index in [4.69, 9.17) is 4.84 Å². The highest BCUT2D eigenvalue weighted by Crippen LogP contribution is 2.32. The number of rotatable bonds is 4. The molecule has 1 amide bonds. The second-order valence-corrected chi connectivity index (χ2v) is 9.20. The molecular formula is C23H21N5O5S. The van der Waals surface area contributed by atoms with E-state index in [-0.39, 0.29) is 30.6 Å². The Balaban J connectivity index is 1.73. The topological polar surface area (TPSA) is 122 Å². The number of hydroxylamine groups is 2. The molecule has 0 bridgehead atoms. The van der Waals surface area contributed by atoms with Crippen LogP contribution in [0, 0.1) is 11.3 Å². The van der Waals surface area contributed by atoms with E-state index in [2.05, 4.69) is 6.07 Å². The summed E-state index contributed by atoms with van der Waals surface area (Å²) < 4.78 is 4.41. The van der Waals surface area contributed by atoms with Gasteiger partial charge < -0.3 is 9.67 Å². The Morgan fingerprint density at radius 2 is 2.12 bits per heavy atom. The number of thiophene rings is 1. The average Bonchev–Trinajstić information content (AvgIpc) is 3.55. The number of aliphatic hydroxyl groups is 1. The lowest BCUT2D eigenvalue weighted by Crippen LogP contribution is -2.38. The van der Waals surface area contributed by atoms with Gasteiger partial charge >= 0.3 is 5.69 Å². The van der Waals surface area contributed by atoms with Gasteiger partial charge in [0.25, 0.3) is 11.5 Å². The minimum Gasteiger partial charge on any atom is -0.389 e. The zero-order valence-corrected chi connectivity index (χ0v) is 19.3. The fraction of sp³-hybridized carbons (Fsp3) is 0.304. The van der Waals surface area contributed by atoms with E-state index < -0.39 is 23.3 Å². The van der Waals surface area contributed by atoms with Crippen molar-refractivity contribution in [1.29, 1.82) is 5.26 Å². The molecule has 0 saturated carbocycles. The highest BCUT2D eigenvalue weighted by molar-refractivity contribution is 7.19. The standard InChI is InChI=1S/C23H21N5O5S/c1-3-27-22-19(20(30)25(2)23(27)32)18(21(31)28-10-15(29)12-33-28)17(34-22)11-26-7-6-14-8-13(9-24)4-5-16(14)26/h4-8,15,29H,3,10-12H2,1-2H3/t15-/m0/s1. The van der Waals surface area contributed by atoms with Crippen molar-refractivity contribution in [2.75, 3.05) is 13.2 Å². The zero-order valence-electron chi connectivity index (χ0n) is 18.5. The summed E-state index contributed by atoms with van der Waals surface area (Å²) in [7, 11) is 1.39. The number of aryl methyl sites for hydroxylation is 1. The number of hydrogen-bond donors (Lipinski definition) is 1. The Labute approximate surface area is 197 Å². The molecule has 34 heavy (non-hydrogen) atoms. The van der Waals surface area contributed by atoms with Crippen LogP contribution >= 0.6 is 11.3 Å². The summed E-state index contributed by atoms with van der Waals surface area (Å²) in [5, 5.41) is 21.2. The van der Waals surface area contributed by atoms with Crippen LogP contribution in [-0.2, 0) is 25.0 Å². The van der Waals surface area contributed by atoms with Crippen LogP contribution in [0.25, 0.3) is 21.1 Å². The molecule has 0 unspecified atom stereocenters. The van der Waals surface area contributed by atoms with E-state index in [0.717, 1.165) is 20.5 Å². The van der Waals surface area contributed by atoms with Crippen LogP contribution in [0.3, 0.4) is 0 Å². The molecule has 1 aromatic carbocycles. The summed E-state index contributed by atoms with van der Waals surface area (Å²) >= 11 is 1.23. The first-order valence-electron chi connectivity index (χ1n) is 10.7.